The van der Waals surface area contributed by atoms with Gasteiger partial charge in [0.05, 0.1) is 17.7 Å². The standard InChI is InChI=1S/C27H32FNOS/c1-7-30-23-9-8-19(16-31-13-12-29-17-31)25(28)24(23)20-15-22-21(14-18(20)2)26(3,4)10-11-27(22,5)6/h8-9,12-17H,7,10-11H2,1-6H3. The fraction of sp³-hybridized carbons (Fsp3) is 0.407. The zero-order chi connectivity index (χ0) is 22.4. The molecule has 0 saturated heterocycles. The molecule has 0 spiro atoms. The average molecular weight is 438 g/mol. The maximum absolute atomic E-state index is 16.0. The topological polar surface area (TPSA) is 21.6 Å². The van der Waals surface area contributed by atoms with Crippen molar-refractivity contribution in [3.63, 3.8) is 0 Å². The summed E-state index contributed by atoms with van der Waals surface area (Å²) in [6.07, 6.45) is 4.05. The van der Waals surface area contributed by atoms with Gasteiger partial charge in [-0.2, -0.15) is 0 Å². The molecule has 0 N–H and O–H groups in total. The number of halogens is 1. The van der Waals surface area contributed by atoms with Crippen LogP contribution in [-0.4, -0.2) is 17.5 Å². The Bertz CT molecular complexity index is 1110. The van der Waals surface area contributed by atoms with Crippen LogP contribution in [0.1, 0.15) is 69.7 Å². The molecule has 1 atom stereocenters. The maximum atomic E-state index is 16.0. The lowest BCUT2D eigenvalue weighted by Crippen LogP contribution is -2.34. The van der Waals surface area contributed by atoms with Gasteiger partial charge in [-0.1, -0.05) is 33.8 Å². The summed E-state index contributed by atoms with van der Waals surface area (Å²) in [5.41, 5.74) is 7.94. The van der Waals surface area contributed by atoms with Crippen LogP contribution in [0.5, 0.6) is 5.75 Å². The molecule has 0 bridgehead atoms. The lowest BCUT2D eigenvalue weighted by atomic mass is 9.62. The molecule has 4 heteroatoms. The summed E-state index contributed by atoms with van der Waals surface area (Å²) in [5, 5.41) is 3.94. The summed E-state index contributed by atoms with van der Waals surface area (Å²) in [5.74, 6) is 0.384. The zero-order valence-corrected chi connectivity index (χ0v) is 20.2. The fourth-order valence-corrected chi connectivity index (χ4v) is 5.75. The normalized spacial score (nSPS) is 20.8. The van der Waals surface area contributed by atoms with Crippen LogP contribution in [0.25, 0.3) is 11.1 Å². The van der Waals surface area contributed by atoms with Crippen molar-refractivity contribution >= 4 is 21.4 Å². The zero-order valence-electron chi connectivity index (χ0n) is 19.4. The SMILES string of the molecule is CCOc1ccc(C=S2C=CN=C2)c(F)c1-c1cc2c(cc1C)C(C)(C)CCC2(C)C. The summed E-state index contributed by atoms with van der Waals surface area (Å²) in [4.78, 5) is 4.14. The molecule has 0 radical (unpaired) electrons. The van der Waals surface area contributed by atoms with Crippen molar-refractivity contribution < 1.29 is 9.13 Å². The molecule has 0 fully saturated rings. The third-order valence-electron chi connectivity index (χ3n) is 6.65. The molecule has 0 saturated carbocycles. The lowest BCUT2D eigenvalue weighted by molar-refractivity contribution is 0.331. The molecule has 164 valence electrons. The van der Waals surface area contributed by atoms with E-state index in [1.165, 1.54) is 11.1 Å². The van der Waals surface area contributed by atoms with Gasteiger partial charge in [0.2, 0.25) is 0 Å². The van der Waals surface area contributed by atoms with E-state index in [1.807, 2.05) is 35.4 Å². The molecule has 31 heavy (non-hydrogen) atoms. The van der Waals surface area contributed by atoms with Gasteiger partial charge < -0.3 is 4.74 Å². The van der Waals surface area contributed by atoms with Crippen LogP contribution in [0.3, 0.4) is 0 Å². The number of benzene rings is 2. The summed E-state index contributed by atoms with van der Waals surface area (Å²) >= 11 is 0. The lowest BCUT2D eigenvalue weighted by Gasteiger charge is -2.42. The van der Waals surface area contributed by atoms with Crippen LogP contribution in [0.2, 0.25) is 0 Å². The van der Waals surface area contributed by atoms with E-state index in [0.29, 0.717) is 23.5 Å². The molecule has 1 unspecified atom stereocenters. The van der Waals surface area contributed by atoms with E-state index in [-0.39, 0.29) is 27.1 Å². The van der Waals surface area contributed by atoms with Gasteiger partial charge in [-0.15, -0.1) is 10.5 Å². The Morgan fingerprint density at radius 2 is 1.77 bits per heavy atom. The second-order valence-corrected chi connectivity index (χ2v) is 11.4. The van der Waals surface area contributed by atoms with Crippen LogP contribution in [0.15, 0.2) is 40.9 Å². The minimum atomic E-state index is -0.272. The first-order valence-corrected chi connectivity index (χ1v) is 12.4. The van der Waals surface area contributed by atoms with Gasteiger partial charge in [0.1, 0.15) is 11.6 Å². The molecule has 2 nitrogen and oxygen atoms in total. The Morgan fingerprint density at radius 3 is 2.39 bits per heavy atom. The van der Waals surface area contributed by atoms with E-state index >= 15 is 4.39 Å². The Morgan fingerprint density at radius 1 is 1.10 bits per heavy atom. The number of ether oxygens (including phenoxy) is 1. The molecule has 1 aliphatic heterocycles. The Kier molecular flexibility index (Phi) is 5.72. The van der Waals surface area contributed by atoms with Gasteiger partial charge in [0.25, 0.3) is 0 Å². The third kappa shape index (κ3) is 4.03. The van der Waals surface area contributed by atoms with Crippen molar-refractivity contribution in [2.24, 2.45) is 4.99 Å². The monoisotopic (exact) mass is 437 g/mol. The van der Waals surface area contributed by atoms with E-state index in [9.17, 15) is 0 Å². The van der Waals surface area contributed by atoms with Crippen LogP contribution < -0.4 is 4.74 Å². The smallest absolute Gasteiger partial charge is 0.142 e. The largest absolute Gasteiger partial charge is 0.493 e. The molecular formula is C27H32FNOS. The van der Waals surface area contributed by atoms with Gasteiger partial charge in [-0.3, -0.25) is 4.99 Å². The van der Waals surface area contributed by atoms with Gasteiger partial charge in [0, 0.05) is 11.8 Å². The summed E-state index contributed by atoms with van der Waals surface area (Å²) in [7, 11) is -0.272. The van der Waals surface area contributed by atoms with Gasteiger partial charge in [-0.05, 0) is 88.7 Å². The van der Waals surface area contributed by atoms with Crippen LogP contribution in [0, 0.1) is 12.7 Å². The minimum absolute atomic E-state index is 0.0613. The second-order valence-electron chi connectivity index (χ2n) is 9.82. The first kappa shape index (κ1) is 22.0. The van der Waals surface area contributed by atoms with Crippen molar-refractivity contribution in [2.45, 2.75) is 65.2 Å². The number of fused-ring (bicyclic) bond motifs is 1. The van der Waals surface area contributed by atoms with E-state index in [4.69, 9.17) is 4.74 Å². The van der Waals surface area contributed by atoms with Crippen molar-refractivity contribution in [1.82, 2.24) is 0 Å². The van der Waals surface area contributed by atoms with Crippen LogP contribution in [-0.2, 0) is 10.8 Å². The van der Waals surface area contributed by atoms with Gasteiger partial charge in [0.15, 0.2) is 0 Å². The molecule has 0 aromatic heterocycles. The van der Waals surface area contributed by atoms with Crippen molar-refractivity contribution in [3.05, 3.63) is 63.9 Å². The third-order valence-corrected chi connectivity index (χ3v) is 7.98. The van der Waals surface area contributed by atoms with Crippen LogP contribution >= 0.6 is 10.5 Å². The molecule has 0 amide bonds. The predicted octanol–water partition coefficient (Wildman–Crippen LogP) is 7.48. The van der Waals surface area contributed by atoms with E-state index in [0.717, 1.165) is 24.0 Å². The Balaban J connectivity index is 1.96. The van der Waals surface area contributed by atoms with Crippen LogP contribution in [0.4, 0.5) is 4.39 Å². The molecular weight excluding hydrogens is 405 g/mol. The number of hydrogen-bond acceptors (Lipinski definition) is 2. The molecule has 2 aliphatic rings. The number of aliphatic imine (C=N–C) groups is 1. The first-order valence-electron chi connectivity index (χ1n) is 11.0. The predicted molar refractivity (Wildman–Crippen MR) is 133 cm³/mol. The van der Waals surface area contributed by atoms with E-state index in [1.54, 1.807) is 6.20 Å². The number of aryl methyl sites for hydroxylation is 1. The number of hydrogen-bond donors (Lipinski definition) is 0. The highest BCUT2D eigenvalue weighted by molar-refractivity contribution is 8.29. The molecule has 4 rings (SSSR count). The van der Waals surface area contributed by atoms with E-state index < -0.39 is 0 Å². The van der Waals surface area contributed by atoms with Crippen molar-refractivity contribution in [1.29, 1.82) is 0 Å². The van der Waals surface area contributed by atoms with Crippen molar-refractivity contribution in [2.75, 3.05) is 6.61 Å². The molecule has 2 aromatic rings. The van der Waals surface area contributed by atoms with Gasteiger partial charge in [-0.25, -0.2) is 4.39 Å². The second kappa shape index (κ2) is 8.05. The quantitative estimate of drug-likeness (QED) is 0.454. The summed E-state index contributed by atoms with van der Waals surface area (Å²) < 4.78 is 21.9. The average Bonchev–Trinajstić information content (AvgIpc) is 3.22. The molecule has 1 heterocycles. The maximum Gasteiger partial charge on any atom is 0.142 e. The number of nitrogens with zero attached hydrogens (tertiary/aromatic N) is 1. The summed E-state index contributed by atoms with van der Waals surface area (Å²) in [6.45, 7) is 13.8. The fourth-order valence-electron chi connectivity index (χ4n) is 4.65. The number of rotatable bonds is 4. The highest BCUT2D eigenvalue weighted by Crippen LogP contribution is 2.48. The Hall–Kier alpha value is -2.20. The van der Waals surface area contributed by atoms with Gasteiger partial charge >= 0.3 is 0 Å². The Labute approximate surface area is 188 Å². The molecule has 2 aromatic carbocycles. The minimum Gasteiger partial charge on any atom is -0.493 e. The highest BCUT2D eigenvalue weighted by Gasteiger charge is 2.37. The van der Waals surface area contributed by atoms with Crippen molar-refractivity contribution in [3.8, 4) is 16.9 Å². The molecule has 1 aliphatic carbocycles. The van der Waals surface area contributed by atoms with E-state index in [2.05, 4.69) is 51.7 Å². The summed E-state index contributed by atoms with van der Waals surface area (Å²) in [6, 6.07) is 8.24. The first-order chi connectivity index (χ1) is 14.6. The highest BCUT2D eigenvalue weighted by atomic mass is 32.2.